The van der Waals surface area contributed by atoms with Gasteiger partial charge < -0.3 is 10.0 Å². The number of amides is 1. The Bertz CT molecular complexity index is 273. The summed E-state index contributed by atoms with van der Waals surface area (Å²) in [6, 6.07) is 0.348. The van der Waals surface area contributed by atoms with Crippen LogP contribution in [0.2, 0.25) is 0 Å². The predicted molar refractivity (Wildman–Crippen MR) is 64.8 cm³/mol. The minimum atomic E-state index is -0.811. The molecule has 0 bridgehead atoms. The number of rotatable bonds is 6. The number of carboxylic acids is 1. The second kappa shape index (κ2) is 6.59. The van der Waals surface area contributed by atoms with Crippen LogP contribution in [-0.4, -0.2) is 60.0 Å². The highest BCUT2D eigenvalue weighted by atomic mass is 16.4. The maximum absolute atomic E-state index is 11.5. The van der Waals surface area contributed by atoms with Gasteiger partial charge in [0.05, 0.1) is 6.54 Å². The monoisotopic (exact) mass is 242 g/mol. The van der Waals surface area contributed by atoms with E-state index < -0.39 is 5.97 Å². The zero-order valence-electron chi connectivity index (χ0n) is 10.7. The topological polar surface area (TPSA) is 60.9 Å². The molecular weight excluding hydrogens is 220 g/mol. The van der Waals surface area contributed by atoms with Crippen molar-refractivity contribution in [2.24, 2.45) is 0 Å². The van der Waals surface area contributed by atoms with Gasteiger partial charge >= 0.3 is 5.97 Å². The molecule has 0 saturated heterocycles. The number of hydrogen-bond acceptors (Lipinski definition) is 3. The predicted octanol–water partition coefficient (Wildman–Crippen LogP) is 0.794. The first-order valence-corrected chi connectivity index (χ1v) is 6.16. The zero-order chi connectivity index (χ0) is 12.8. The van der Waals surface area contributed by atoms with Crippen LogP contribution in [0.4, 0.5) is 0 Å². The van der Waals surface area contributed by atoms with E-state index in [1.165, 1.54) is 12.8 Å². The molecule has 1 aliphatic carbocycles. The van der Waals surface area contributed by atoms with Crippen LogP contribution in [0.1, 0.15) is 32.1 Å². The highest BCUT2D eigenvalue weighted by molar-refractivity contribution is 5.75. The van der Waals surface area contributed by atoms with Gasteiger partial charge in [0.2, 0.25) is 5.91 Å². The lowest BCUT2D eigenvalue weighted by molar-refractivity contribution is -0.139. The number of carbonyl (C=O) groups excluding carboxylic acids is 1. The quantitative estimate of drug-likeness (QED) is 0.748. The summed E-state index contributed by atoms with van der Waals surface area (Å²) < 4.78 is 0. The van der Waals surface area contributed by atoms with E-state index in [0.717, 1.165) is 12.8 Å². The van der Waals surface area contributed by atoms with E-state index in [0.29, 0.717) is 19.0 Å². The summed E-state index contributed by atoms with van der Waals surface area (Å²) in [6.45, 7) is 0.597. The van der Waals surface area contributed by atoms with Crippen LogP contribution < -0.4 is 0 Å². The molecule has 17 heavy (non-hydrogen) atoms. The third-order valence-electron chi connectivity index (χ3n) is 3.29. The molecule has 5 heteroatoms. The molecule has 1 aliphatic rings. The van der Waals surface area contributed by atoms with Gasteiger partial charge in [0, 0.05) is 33.1 Å². The van der Waals surface area contributed by atoms with Crippen molar-refractivity contribution < 1.29 is 14.7 Å². The van der Waals surface area contributed by atoms with Crippen LogP contribution >= 0.6 is 0 Å². The Morgan fingerprint density at radius 1 is 1.24 bits per heavy atom. The molecule has 0 radical (unpaired) electrons. The number of aliphatic carboxylic acids is 1. The molecular formula is C12H22N2O3. The Morgan fingerprint density at radius 3 is 2.29 bits per heavy atom. The largest absolute Gasteiger partial charge is 0.480 e. The van der Waals surface area contributed by atoms with Gasteiger partial charge in [0.15, 0.2) is 0 Å². The third kappa shape index (κ3) is 4.73. The van der Waals surface area contributed by atoms with Crippen molar-refractivity contribution in [2.45, 2.75) is 38.1 Å². The SMILES string of the molecule is CN(C)C(=O)CCN(CC(=O)O)C1CCCC1. The first kappa shape index (κ1) is 14.0. The van der Waals surface area contributed by atoms with Gasteiger partial charge in [-0.3, -0.25) is 14.5 Å². The van der Waals surface area contributed by atoms with Crippen molar-refractivity contribution in [2.75, 3.05) is 27.2 Å². The van der Waals surface area contributed by atoms with Crippen LogP contribution in [0.5, 0.6) is 0 Å². The van der Waals surface area contributed by atoms with Crippen molar-refractivity contribution >= 4 is 11.9 Å². The Morgan fingerprint density at radius 2 is 1.82 bits per heavy atom. The fourth-order valence-corrected chi connectivity index (χ4v) is 2.30. The molecule has 98 valence electrons. The molecule has 0 aromatic carbocycles. The minimum Gasteiger partial charge on any atom is -0.480 e. The standard InChI is InChI=1S/C12H22N2O3/c1-13(2)11(15)7-8-14(9-12(16)17)10-5-3-4-6-10/h10H,3-9H2,1-2H3,(H,16,17). The molecule has 1 rings (SSSR count). The molecule has 0 aromatic heterocycles. The van der Waals surface area contributed by atoms with Crippen molar-refractivity contribution in [1.82, 2.24) is 9.80 Å². The average molecular weight is 242 g/mol. The molecule has 1 fully saturated rings. The first-order valence-electron chi connectivity index (χ1n) is 6.16. The van der Waals surface area contributed by atoms with Gasteiger partial charge in [-0.05, 0) is 12.8 Å². The van der Waals surface area contributed by atoms with E-state index >= 15 is 0 Å². The van der Waals surface area contributed by atoms with Crippen molar-refractivity contribution in [3.8, 4) is 0 Å². The molecule has 1 amide bonds. The smallest absolute Gasteiger partial charge is 0.317 e. The lowest BCUT2D eigenvalue weighted by Crippen LogP contribution is -2.40. The molecule has 5 nitrogen and oxygen atoms in total. The Hall–Kier alpha value is -1.10. The summed E-state index contributed by atoms with van der Waals surface area (Å²) in [7, 11) is 3.44. The van der Waals surface area contributed by atoms with Crippen LogP contribution in [0.25, 0.3) is 0 Å². The van der Waals surface area contributed by atoms with Crippen molar-refractivity contribution in [3.05, 3.63) is 0 Å². The maximum Gasteiger partial charge on any atom is 0.317 e. The zero-order valence-corrected chi connectivity index (χ0v) is 10.7. The van der Waals surface area contributed by atoms with Crippen molar-refractivity contribution in [1.29, 1.82) is 0 Å². The second-order valence-electron chi connectivity index (χ2n) is 4.84. The van der Waals surface area contributed by atoms with E-state index in [-0.39, 0.29) is 12.5 Å². The summed E-state index contributed by atoms with van der Waals surface area (Å²) in [5.41, 5.74) is 0. The molecule has 1 saturated carbocycles. The summed E-state index contributed by atoms with van der Waals surface area (Å²) >= 11 is 0. The molecule has 0 atom stereocenters. The van der Waals surface area contributed by atoms with Gasteiger partial charge in [-0.2, -0.15) is 0 Å². The number of carboxylic acid groups (broad SMARTS) is 1. The van der Waals surface area contributed by atoms with E-state index in [2.05, 4.69) is 0 Å². The highest BCUT2D eigenvalue weighted by Gasteiger charge is 2.24. The van der Waals surface area contributed by atoms with Crippen LogP contribution in [0.3, 0.4) is 0 Å². The van der Waals surface area contributed by atoms with E-state index in [9.17, 15) is 9.59 Å². The van der Waals surface area contributed by atoms with Gasteiger partial charge in [-0.1, -0.05) is 12.8 Å². The van der Waals surface area contributed by atoms with Gasteiger partial charge in [-0.25, -0.2) is 0 Å². The summed E-state index contributed by atoms with van der Waals surface area (Å²) in [4.78, 5) is 25.8. The Labute approximate surface area is 102 Å². The van der Waals surface area contributed by atoms with Crippen LogP contribution in [-0.2, 0) is 9.59 Å². The maximum atomic E-state index is 11.5. The third-order valence-corrected chi connectivity index (χ3v) is 3.29. The second-order valence-corrected chi connectivity index (χ2v) is 4.84. The fraction of sp³-hybridized carbons (Fsp3) is 0.833. The van der Waals surface area contributed by atoms with Gasteiger partial charge in [0.25, 0.3) is 0 Å². The number of nitrogens with zero attached hydrogens (tertiary/aromatic N) is 2. The molecule has 0 unspecified atom stereocenters. The van der Waals surface area contributed by atoms with Crippen LogP contribution in [0.15, 0.2) is 0 Å². The highest BCUT2D eigenvalue weighted by Crippen LogP contribution is 2.23. The number of carbonyl (C=O) groups is 2. The van der Waals surface area contributed by atoms with Gasteiger partial charge in [-0.15, -0.1) is 0 Å². The molecule has 0 aromatic rings. The summed E-state index contributed by atoms with van der Waals surface area (Å²) in [6.07, 6.45) is 4.86. The van der Waals surface area contributed by atoms with Crippen LogP contribution in [0, 0.1) is 0 Å². The molecule has 0 spiro atoms. The normalized spacial score (nSPS) is 16.4. The average Bonchev–Trinajstić information content (AvgIpc) is 2.76. The molecule has 1 N–H and O–H groups in total. The Kier molecular flexibility index (Phi) is 5.41. The lowest BCUT2D eigenvalue weighted by Gasteiger charge is -2.27. The van der Waals surface area contributed by atoms with E-state index in [1.807, 2.05) is 4.90 Å². The van der Waals surface area contributed by atoms with Gasteiger partial charge in [0.1, 0.15) is 0 Å². The fourth-order valence-electron chi connectivity index (χ4n) is 2.30. The number of hydrogen-bond donors (Lipinski definition) is 1. The minimum absolute atomic E-state index is 0.0470. The van der Waals surface area contributed by atoms with E-state index in [4.69, 9.17) is 5.11 Å². The first-order chi connectivity index (χ1) is 8.00. The lowest BCUT2D eigenvalue weighted by atomic mass is 10.2. The van der Waals surface area contributed by atoms with E-state index in [1.54, 1.807) is 19.0 Å². The van der Waals surface area contributed by atoms with Crippen molar-refractivity contribution in [3.63, 3.8) is 0 Å². The molecule has 0 heterocycles. The summed E-state index contributed by atoms with van der Waals surface area (Å²) in [5.74, 6) is -0.757. The Balaban J connectivity index is 2.45. The summed E-state index contributed by atoms with van der Waals surface area (Å²) in [5, 5.41) is 8.88. The molecule has 0 aliphatic heterocycles.